The summed E-state index contributed by atoms with van der Waals surface area (Å²) in [5, 5.41) is 0.838. The second-order valence-corrected chi connectivity index (χ2v) is 7.18. The quantitative estimate of drug-likeness (QED) is 0.427. The van der Waals surface area contributed by atoms with Crippen molar-refractivity contribution in [3.8, 4) is 0 Å². The summed E-state index contributed by atoms with van der Waals surface area (Å²) >= 11 is 12.6. The van der Waals surface area contributed by atoms with Crippen LogP contribution in [0.1, 0.15) is 33.2 Å². The molecule has 3 aromatic carbocycles. The molecular weight excluding hydrogens is 428 g/mol. The Morgan fingerprint density at radius 1 is 0.900 bits per heavy atom. The first-order valence-corrected chi connectivity index (χ1v) is 9.93. The largest absolute Gasteiger partial charge is 0.462 e. The van der Waals surface area contributed by atoms with E-state index < -0.39 is 11.8 Å². The van der Waals surface area contributed by atoms with Gasteiger partial charge in [-0.25, -0.2) is 9.18 Å². The molecule has 154 valence electrons. The van der Waals surface area contributed by atoms with Gasteiger partial charge in [0.25, 0.3) is 5.91 Å². The summed E-state index contributed by atoms with van der Waals surface area (Å²) in [6.07, 6.45) is 0. The monoisotopic (exact) mass is 445 g/mol. The smallest absolute Gasteiger partial charge is 0.338 e. The summed E-state index contributed by atoms with van der Waals surface area (Å²) in [5.74, 6) is -1.25. The number of hydrogen-bond donors (Lipinski definition) is 0. The van der Waals surface area contributed by atoms with Gasteiger partial charge in [0.05, 0.1) is 18.7 Å². The van der Waals surface area contributed by atoms with Crippen molar-refractivity contribution in [3.63, 3.8) is 0 Å². The number of nitrogens with zero attached hydrogens (tertiary/aromatic N) is 1. The molecule has 0 aliphatic rings. The number of ether oxygens (including phenoxy) is 1. The molecule has 0 saturated carbocycles. The van der Waals surface area contributed by atoms with Gasteiger partial charge in [0, 0.05) is 26.9 Å². The zero-order chi connectivity index (χ0) is 21.7. The maximum absolute atomic E-state index is 13.3. The Hall–Kier alpha value is -2.89. The van der Waals surface area contributed by atoms with Crippen LogP contribution < -0.4 is 4.90 Å². The van der Waals surface area contributed by atoms with Crippen molar-refractivity contribution in [1.82, 2.24) is 0 Å². The van der Waals surface area contributed by atoms with E-state index in [9.17, 15) is 14.0 Å². The molecule has 30 heavy (non-hydrogen) atoms. The Balaban J connectivity index is 1.99. The number of anilines is 1. The number of hydrogen-bond acceptors (Lipinski definition) is 3. The van der Waals surface area contributed by atoms with Crippen LogP contribution in [0, 0.1) is 5.82 Å². The summed E-state index contributed by atoms with van der Waals surface area (Å²) in [4.78, 5) is 26.6. The summed E-state index contributed by atoms with van der Waals surface area (Å²) < 4.78 is 18.3. The second kappa shape index (κ2) is 9.74. The zero-order valence-electron chi connectivity index (χ0n) is 16.1. The lowest BCUT2D eigenvalue weighted by atomic mass is 10.1. The van der Waals surface area contributed by atoms with Crippen molar-refractivity contribution in [2.24, 2.45) is 0 Å². The first-order chi connectivity index (χ1) is 14.4. The maximum Gasteiger partial charge on any atom is 0.338 e. The van der Waals surface area contributed by atoms with Gasteiger partial charge < -0.3 is 9.64 Å². The van der Waals surface area contributed by atoms with Gasteiger partial charge in [-0.1, -0.05) is 29.3 Å². The van der Waals surface area contributed by atoms with Crippen LogP contribution in [0.3, 0.4) is 0 Å². The molecule has 0 spiro atoms. The highest BCUT2D eigenvalue weighted by atomic mass is 35.5. The maximum atomic E-state index is 13.3. The molecule has 0 radical (unpaired) electrons. The van der Waals surface area contributed by atoms with Crippen molar-refractivity contribution in [1.29, 1.82) is 0 Å². The summed E-state index contributed by atoms with van der Waals surface area (Å²) in [5.41, 5.74) is 1.76. The lowest BCUT2D eigenvalue weighted by Gasteiger charge is -2.24. The van der Waals surface area contributed by atoms with Gasteiger partial charge in [-0.2, -0.15) is 0 Å². The Bertz CT molecular complexity index is 1030. The van der Waals surface area contributed by atoms with E-state index >= 15 is 0 Å². The van der Waals surface area contributed by atoms with E-state index in [-0.39, 0.29) is 19.1 Å². The summed E-state index contributed by atoms with van der Waals surface area (Å²) in [6, 6.07) is 16.8. The fraction of sp³-hybridized carbons (Fsp3) is 0.130. The molecule has 0 atom stereocenters. The standard InChI is InChI=1S/C23H18Cl2FNO3/c1-2-30-23(29)16-8-12-18(13-9-16)27(14-19-20(24)4-3-5-21(19)25)22(28)15-6-10-17(26)11-7-15/h3-13H,2,14H2,1H3. The van der Waals surface area contributed by atoms with Crippen LogP contribution in [-0.4, -0.2) is 18.5 Å². The molecule has 0 saturated heterocycles. The average Bonchev–Trinajstić information content (AvgIpc) is 2.74. The average molecular weight is 446 g/mol. The molecule has 0 bridgehead atoms. The summed E-state index contributed by atoms with van der Waals surface area (Å²) in [6.45, 7) is 2.08. The number of benzene rings is 3. The van der Waals surface area contributed by atoms with Crippen LogP contribution in [0.25, 0.3) is 0 Å². The van der Waals surface area contributed by atoms with E-state index in [1.165, 1.54) is 29.2 Å². The molecule has 3 aromatic rings. The van der Waals surface area contributed by atoms with Gasteiger partial charge in [-0.15, -0.1) is 0 Å². The van der Waals surface area contributed by atoms with Gasteiger partial charge in [0.1, 0.15) is 5.82 Å². The predicted molar refractivity (Wildman–Crippen MR) is 116 cm³/mol. The number of esters is 1. The minimum atomic E-state index is -0.449. The van der Waals surface area contributed by atoms with Crippen LogP contribution in [0.4, 0.5) is 10.1 Å². The van der Waals surface area contributed by atoms with Gasteiger partial charge in [-0.05, 0) is 67.6 Å². The van der Waals surface area contributed by atoms with Crippen molar-refractivity contribution >= 4 is 40.8 Å². The topological polar surface area (TPSA) is 46.6 Å². The third kappa shape index (κ3) is 4.99. The predicted octanol–water partition coefficient (Wildman–Crippen LogP) is 6.16. The molecule has 4 nitrogen and oxygen atoms in total. The molecule has 0 aliphatic heterocycles. The van der Waals surface area contributed by atoms with E-state index in [0.717, 1.165) is 0 Å². The van der Waals surface area contributed by atoms with E-state index in [2.05, 4.69) is 0 Å². The van der Waals surface area contributed by atoms with E-state index in [1.54, 1.807) is 49.4 Å². The van der Waals surface area contributed by atoms with Gasteiger partial charge >= 0.3 is 5.97 Å². The van der Waals surface area contributed by atoms with Crippen LogP contribution in [0.5, 0.6) is 0 Å². The molecule has 0 heterocycles. The molecule has 3 rings (SSSR count). The number of carbonyl (C=O) groups excluding carboxylic acids is 2. The SMILES string of the molecule is CCOC(=O)c1ccc(N(Cc2c(Cl)cccc2Cl)C(=O)c2ccc(F)cc2)cc1. The van der Waals surface area contributed by atoms with E-state index in [4.69, 9.17) is 27.9 Å². The minimum absolute atomic E-state index is 0.0907. The first kappa shape index (κ1) is 21.8. The molecule has 0 fully saturated rings. The number of amides is 1. The summed E-state index contributed by atoms with van der Waals surface area (Å²) in [7, 11) is 0. The highest BCUT2D eigenvalue weighted by molar-refractivity contribution is 6.36. The van der Waals surface area contributed by atoms with Crippen LogP contribution in [-0.2, 0) is 11.3 Å². The van der Waals surface area contributed by atoms with Crippen LogP contribution in [0.2, 0.25) is 10.0 Å². The first-order valence-electron chi connectivity index (χ1n) is 9.18. The molecule has 0 aliphatic carbocycles. The van der Waals surface area contributed by atoms with E-state index in [0.29, 0.717) is 32.4 Å². The van der Waals surface area contributed by atoms with Crippen LogP contribution in [0.15, 0.2) is 66.7 Å². The molecule has 0 unspecified atom stereocenters. The Labute approximate surface area is 183 Å². The fourth-order valence-electron chi connectivity index (χ4n) is 2.86. The van der Waals surface area contributed by atoms with Crippen LogP contribution >= 0.6 is 23.2 Å². The minimum Gasteiger partial charge on any atom is -0.462 e. The third-order valence-electron chi connectivity index (χ3n) is 4.40. The van der Waals surface area contributed by atoms with Crippen molar-refractivity contribution in [3.05, 3.63) is 99.3 Å². The third-order valence-corrected chi connectivity index (χ3v) is 5.11. The molecular formula is C23H18Cl2FNO3. The molecule has 7 heteroatoms. The lowest BCUT2D eigenvalue weighted by Crippen LogP contribution is -2.30. The lowest BCUT2D eigenvalue weighted by molar-refractivity contribution is 0.0526. The molecule has 0 N–H and O–H groups in total. The number of rotatable bonds is 6. The van der Waals surface area contributed by atoms with Gasteiger partial charge in [-0.3, -0.25) is 4.79 Å². The van der Waals surface area contributed by atoms with E-state index in [1.807, 2.05) is 0 Å². The van der Waals surface area contributed by atoms with Gasteiger partial charge in [0.15, 0.2) is 0 Å². The second-order valence-electron chi connectivity index (χ2n) is 6.37. The Morgan fingerprint density at radius 2 is 1.47 bits per heavy atom. The fourth-order valence-corrected chi connectivity index (χ4v) is 3.38. The zero-order valence-corrected chi connectivity index (χ0v) is 17.6. The molecule has 0 aromatic heterocycles. The Kier molecular flexibility index (Phi) is 7.08. The van der Waals surface area contributed by atoms with Crippen molar-refractivity contribution < 1.29 is 18.7 Å². The Morgan fingerprint density at radius 3 is 2.03 bits per heavy atom. The number of carbonyl (C=O) groups is 2. The number of halogens is 3. The van der Waals surface area contributed by atoms with Crippen molar-refractivity contribution in [2.45, 2.75) is 13.5 Å². The normalized spacial score (nSPS) is 10.5. The van der Waals surface area contributed by atoms with Gasteiger partial charge in [0.2, 0.25) is 0 Å². The molecule has 1 amide bonds. The highest BCUT2D eigenvalue weighted by Crippen LogP contribution is 2.29. The van der Waals surface area contributed by atoms with Crippen molar-refractivity contribution in [2.75, 3.05) is 11.5 Å². The highest BCUT2D eigenvalue weighted by Gasteiger charge is 2.21.